The second-order valence-electron chi connectivity index (χ2n) is 5.77. The molecule has 1 aliphatic rings. The van der Waals surface area contributed by atoms with Crippen LogP contribution < -0.4 is 0 Å². The minimum atomic E-state index is -3.01. The normalized spacial score (nSPS) is 24.6. The molecular weight excluding hydrogens is 259 g/mol. The Balaban J connectivity index is 2.18. The quantitative estimate of drug-likeness (QED) is 0.483. The molecule has 2 nitrogen and oxygen atoms in total. The molecule has 1 aromatic carbocycles. The molecule has 1 aromatic rings. The molecule has 0 aliphatic heterocycles. The van der Waals surface area contributed by atoms with Crippen LogP contribution in [-0.4, -0.2) is 20.0 Å². The molecule has 19 heavy (non-hydrogen) atoms. The summed E-state index contributed by atoms with van der Waals surface area (Å²) in [6.07, 6.45) is 1.16. The van der Waals surface area contributed by atoms with E-state index in [9.17, 15) is 13.7 Å². The molecule has 2 atom stereocenters. The maximum Gasteiger partial charge on any atom is 0.251 e. The van der Waals surface area contributed by atoms with Gasteiger partial charge in [-0.1, -0.05) is 30.3 Å². The topological polar surface area (TPSA) is 34.1 Å². The van der Waals surface area contributed by atoms with E-state index in [1.54, 1.807) is 13.1 Å². The predicted octanol–water partition coefficient (Wildman–Crippen LogP) is 3.32. The van der Waals surface area contributed by atoms with Gasteiger partial charge in [-0.25, -0.2) is 0 Å². The third-order valence-electron chi connectivity index (χ3n) is 3.87. The van der Waals surface area contributed by atoms with Crippen molar-refractivity contribution in [2.24, 2.45) is 5.92 Å². The largest absolute Gasteiger partial charge is 0.314 e. The maximum absolute atomic E-state index is 14.2. The Kier molecular flexibility index (Phi) is 3.99. The van der Waals surface area contributed by atoms with Gasteiger partial charge in [0.25, 0.3) is 8.41 Å². The Labute approximate surface area is 114 Å². The minimum Gasteiger partial charge on any atom is -0.314 e. The number of hydrogen-bond donors (Lipinski definition) is 0. The molecule has 1 fully saturated rings. The van der Waals surface area contributed by atoms with E-state index < -0.39 is 19.9 Å². The zero-order chi connectivity index (χ0) is 14.0. The fourth-order valence-corrected chi connectivity index (χ4v) is 4.46. The fourth-order valence-electron chi connectivity index (χ4n) is 2.75. The van der Waals surface area contributed by atoms with Gasteiger partial charge < -0.3 is 4.11 Å². The molecule has 4 heteroatoms. The molecule has 0 amide bonds. The van der Waals surface area contributed by atoms with Gasteiger partial charge in [0.2, 0.25) is 0 Å². The Morgan fingerprint density at radius 1 is 1.21 bits per heavy atom. The number of ketones is 2. The average Bonchev–Trinajstić information content (AvgIpc) is 2.34. The van der Waals surface area contributed by atoms with Crippen molar-refractivity contribution in [3.8, 4) is 0 Å². The van der Waals surface area contributed by atoms with Gasteiger partial charge in [0.15, 0.2) is 0 Å². The Morgan fingerprint density at radius 2 is 1.84 bits per heavy atom. The summed E-state index contributed by atoms with van der Waals surface area (Å²) in [5.74, 6) is -0.828. The number of carbonyl (C=O) groups excluding carboxylic acids is 2. The lowest BCUT2D eigenvalue weighted by atomic mass is 9.82. The summed E-state index contributed by atoms with van der Waals surface area (Å²) in [5.41, 5.74) is 0.451. The van der Waals surface area contributed by atoms with Gasteiger partial charge >= 0.3 is 0 Å². The van der Waals surface area contributed by atoms with Crippen LogP contribution in [0.4, 0.5) is 4.11 Å². The Bertz CT molecular complexity index is 479. The van der Waals surface area contributed by atoms with E-state index in [2.05, 4.69) is 0 Å². The van der Waals surface area contributed by atoms with E-state index in [0.717, 1.165) is 5.56 Å². The van der Waals surface area contributed by atoms with Crippen LogP contribution in [0.1, 0.15) is 18.4 Å². The second kappa shape index (κ2) is 5.37. The van der Waals surface area contributed by atoms with Crippen LogP contribution in [0.2, 0.25) is 18.6 Å². The van der Waals surface area contributed by atoms with Crippen molar-refractivity contribution in [3.63, 3.8) is 0 Å². The third kappa shape index (κ3) is 3.18. The van der Waals surface area contributed by atoms with Gasteiger partial charge in [0.1, 0.15) is 11.6 Å². The molecule has 1 saturated carbocycles. The molecule has 102 valence electrons. The van der Waals surface area contributed by atoms with Crippen molar-refractivity contribution in [2.75, 3.05) is 0 Å². The SMILES string of the molecule is C[Si](C)(F)C1CCC(=O)C(Cc2ccccc2)C1=O. The van der Waals surface area contributed by atoms with Crippen LogP contribution in [0.3, 0.4) is 0 Å². The standard InChI is InChI=1S/C15H19FO2Si/c1-19(2,16)14-9-8-13(17)12(15(14)18)10-11-6-4-3-5-7-11/h3-7,12,14H,8-10H2,1-2H3. The van der Waals surface area contributed by atoms with Gasteiger partial charge in [-0.3, -0.25) is 9.59 Å². The average molecular weight is 278 g/mol. The van der Waals surface area contributed by atoms with E-state index in [1.165, 1.54) is 0 Å². The molecule has 2 rings (SSSR count). The Morgan fingerprint density at radius 3 is 2.42 bits per heavy atom. The molecular formula is C15H19FO2Si. The van der Waals surface area contributed by atoms with Crippen LogP contribution in [0.5, 0.6) is 0 Å². The monoisotopic (exact) mass is 278 g/mol. The van der Waals surface area contributed by atoms with Gasteiger partial charge in [-0.2, -0.15) is 0 Å². The zero-order valence-electron chi connectivity index (χ0n) is 11.4. The number of halogens is 1. The van der Waals surface area contributed by atoms with Crippen molar-refractivity contribution >= 4 is 20.0 Å². The molecule has 1 aliphatic carbocycles. The molecule has 0 saturated heterocycles. The molecule has 2 unspecified atom stereocenters. The predicted molar refractivity (Wildman–Crippen MR) is 75.2 cm³/mol. The highest BCUT2D eigenvalue weighted by atomic mass is 28.4. The van der Waals surface area contributed by atoms with Crippen LogP contribution in [0, 0.1) is 5.92 Å². The van der Waals surface area contributed by atoms with Gasteiger partial charge in [-0.05, 0) is 31.5 Å². The molecule has 0 aromatic heterocycles. The lowest BCUT2D eigenvalue weighted by Gasteiger charge is -2.31. The summed E-state index contributed by atoms with van der Waals surface area (Å²) in [5, 5.41) is 0. The van der Waals surface area contributed by atoms with Gasteiger partial charge in [0, 0.05) is 12.0 Å². The number of Topliss-reactive ketones (excluding diaryl/α,β-unsaturated/α-hetero) is 2. The van der Waals surface area contributed by atoms with E-state index in [1.807, 2.05) is 30.3 Å². The third-order valence-corrected chi connectivity index (χ3v) is 6.10. The first-order valence-electron chi connectivity index (χ1n) is 6.69. The van der Waals surface area contributed by atoms with Crippen molar-refractivity contribution in [3.05, 3.63) is 35.9 Å². The van der Waals surface area contributed by atoms with E-state index in [0.29, 0.717) is 19.3 Å². The van der Waals surface area contributed by atoms with Crippen molar-refractivity contribution in [1.29, 1.82) is 0 Å². The highest BCUT2D eigenvalue weighted by Crippen LogP contribution is 2.37. The van der Waals surface area contributed by atoms with Crippen LogP contribution in [-0.2, 0) is 16.0 Å². The van der Waals surface area contributed by atoms with Crippen molar-refractivity contribution in [1.82, 2.24) is 0 Å². The Hall–Kier alpha value is -1.29. The summed E-state index contributed by atoms with van der Waals surface area (Å²) in [7, 11) is -3.01. The molecule has 0 N–H and O–H groups in total. The summed E-state index contributed by atoms with van der Waals surface area (Å²) in [6, 6.07) is 9.48. The summed E-state index contributed by atoms with van der Waals surface area (Å²) < 4.78 is 14.2. The number of hydrogen-bond acceptors (Lipinski definition) is 2. The number of benzene rings is 1. The second-order valence-corrected chi connectivity index (χ2v) is 9.59. The smallest absolute Gasteiger partial charge is 0.251 e. The summed E-state index contributed by atoms with van der Waals surface area (Å²) in [4.78, 5) is 24.3. The van der Waals surface area contributed by atoms with Crippen molar-refractivity contribution < 1.29 is 13.7 Å². The minimum absolute atomic E-state index is 0.0247. The molecule has 0 bridgehead atoms. The van der Waals surface area contributed by atoms with Crippen LogP contribution in [0.15, 0.2) is 30.3 Å². The van der Waals surface area contributed by atoms with Crippen LogP contribution in [0.25, 0.3) is 0 Å². The lowest BCUT2D eigenvalue weighted by Crippen LogP contribution is -2.43. The van der Waals surface area contributed by atoms with E-state index >= 15 is 0 Å². The van der Waals surface area contributed by atoms with E-state index in [4.69, 9.17) is 0 Å². The van der Waals surface area contributed by atoms with E-state index in [-0.39, 0.29) is 11.6 Å². The highest BCUT2D eigenvalue weighted by molar-refractivity contribution is 6.75. The lowest BCUT2D eigenvalue weighted by molar-refractivity contribution is -0.135. The first-order valence-corrected chi connectivity index (χ1v) is 9.64. The van der Waals surface area contributed by atoms with Gasteiger partial charge in [-0.15, -0.1) is 0 Å². The summed E-state index contributed by atoms with van der Waals surface area (Å²) in [6.45, 7) is 3.12. The highest BCUT2D eigenvalue weighted by Gasteiger charge is 2.46. The first-order chi connectivity index (χ1) is 8.89. The fraction of sp³-hybridized carbons (Fsp3) is 0.467. The molecule has 0 radical (unpaired) electrons. The van der Waals surface area contributed by atoms with Crippen molar-refractivity contribution in [2.45, 2.75) is 37.9 Å². The molecule has 0 heterocycles. The maximum atomic E-state index is 14.2. The summed E-state index contributed by atoms with van der Waals surface area (Å²) >= 11 is 0. The van der Waals surface area contributed by atoms with Gasteiger partial charge in [0.05, 0.1) is 5.92 Å². The molecule has 0 spiro atoms. The zero-order valence-corrected chi connectivity index (χ0v) is 12.4. The van der Waals surface area contributed by atoms with Crippen LogP contribution >= 0.6 is 0 Å². The number of carbonyl (C=O) groups is 2. The first kappa shape index (κ1) is 14.1. The number of rotatable bonds is 3.